The van der Waals surface area contributed by atoms with Crippen LogP contribution in [0.25, 0.3) is 0 Å². The molecule has 7 nitrogen and oxygen atoms in total. The minimum atomic E-state index is -1.71. The van der Waals surface area contributed by atoms with Gasteiger partial charge in [-0.3, -0.25) is 0 Å². The van der Waals surface area contributed by atoms with Crippen LogP contribution in [0.4, 0.5) is 0 Å². The second kappa shape index (κ2) is 7.07. The predicted molar refractivity (Wildman–Crippen MR) is 48.8 cm³/mol. The van der Waals surface area contributed by atoms with Gasteiger partial charge in [0.25, 0.3) is 0 Å². The number of aliphatic hydroxyl groups is 7. The summed E-state index contributed by atoms with van der Waals surface area (Å²) in [5.41, 5.74) is 0. The molecule has 92 valence electrons. The Morgan fingerprint density at radius 3 is 1.53 bits per heavy atom. The van der Waals surface area contributed by atoms with E-state index in [0.717, 1.165) is 0 Å². The summed E-state index contributed by atoms with van der Waals surface area (Å²) in [7, 11) is 0. The Labute approximate surface area is 86.9 Å². The summed E-state index contributed by atoms with van der Waals surface area (Å²) >= 11 is 0. The highest BCUT2D eigenvalue weighted by Crippen LogP contribution is 2.09. The molecule has 0 spiro atoms. The van der Waals surface area contributed by atoms with Gasteiger partial charge in [-0.15, -0.1) is 0 Å². The van der Waals surface area contributed by atoms with Crippen molar-refractivity contribution in [2.24, 2.45) is 0 Å². The van der Waals surface area contributed by atoms with Crippen molar-refractivity contribution in [1.29, 1.82) is 0 Å². The van der Waals surface area contributed by atoms with Crippen LogP contribution in [-0.4, -0.2) is 79.5 Å². The summed E-state index contributed by atoms with van der Waals surface area (Å²) in [4.78, 5) is 0. The standard InChI is InChI=1S/C8H18O7/c9-2-4(11)1-5(12)7(14)8(15)6(13)3-10/h4-15H,1-3H2/t4-,5+,6+,7+,8+/m0/s1. The van der Waals surface area contributed by atoms with Crippen molar-refractivity contribution in [2.75, 3.05) is 13.2 Å². The third kappa shape index (κ3) is 4.85. The van der Waals surface area contributed by atoms with Crippen LogP contribution in [0.2, 0.25) is 0 Å². The zero-order valence-corrected chi connectivity index (χ0v) is 8.14. The number of aliphatic hydroxyl groups excluding tert-OH is 7. The zero-order chi connectivity index (χ0) is 12.0. The third-order valence-corrected chi connectivity index (χ3v) is 2.05. The van der Waals surface area contributed by atoms with E-state index in [1.54, 1.807) is 0 Å². The molecule has 0 fully saturated rings. The number of hydrogen-bond donors (Lipinski definition) is 7. The molecule has 0 aliphatic heterocycles. The molecular formula is C8H18O7. The summed E-state index contributed by atoms with van der Waals surface area (Å²) < 4.78 is 0. The maximum absolute atomic E-state index is 9.27. The fourth-order valence-electron chi connectivity index (χ4n) is 1.06. The second-order valence-corrected chi connectivity index (χ2v) is 3.37. The summed E-state index contributed by atoms with van der Waals surface area (Å²) in [5, 5.41) is 62.5. The van der Waals surface area contributed by atoms with Crippen LogP contribution in [-0.2, 0) is 0 Å². The van der Waals surface area contributed by atoms with Crippen LogP contribution in [0.3, 0.4) is 0 Å². The van der Waals surface area contributed by atoms with E-state index in [-0.39, 0.29) is 6.42 Å². The lowest BCUT2D eigenvalue weighted by Crippen LogP contribution is -2.46. The molecule has 0 aromatic heterocycles. The largest absolute Gasteiger partial charge is 0.394 e. The van der Waals surface area contributed by atoms with Gasteiger partial charge in [0.15, 0.2) is 0 Å². The van der Waals surface area contributed by atoms with E-state index in [0.29, 0.717) is 0 Å². The van der Waals surface area contributed by atoms with Gasteiger partial charge in [0.1, 0.15) is 18.3 Å². The SMILES string of the molecule is OC[C@@H](O)C[C@@H](O)[C@@H](O)[C@H](O)[C@H](O)CO. The predicted octanol–water partition coefficient (Wildman–Crippen LogP) is -3.83. The Morgan fingerprint density at radius 2 is 1.13 bits per heavy atom. The quantitative estimate of drug-likeness (QED) is 0.236. The average molecular weight is 226 g/mol. The van der Waals surface area contributed by atoms with E-state index in [2.05, 4.69) is 0 Å². The normalized spacial score (nSPS) is 21.8. The van der Waals surface area contributed by atoms with E-state index in [9.17, 15) is 15.3 Å². The van der Waals surface area contributed by atoms with Crippen LogP contribution < -0.4 is 0 Å². The van der Waals surface area contributed by atoms with Crippen molar-refractivity contribution in [3.05, 3.63) is 0 Å². The van der Waals surface area contributed by atoms with E-state index >= 15 is 0 Å². The molecule has 7 N–H and O–H groups in total. The highest BCUT2D eigenvalue weighted by Gasteiger charge is 2.30. The first-order valence-electron chi connectivity index (χ1n) is 4.56. The number of rotatable bonds is 7. The van der Waals surface area contributed by atoms with Crippen molar-refractivity contribution in [1.82, 2.24) is 0 Å². The molecule has 0 bridgehead atoms. The van der Waals surface area contributed by atoms with Crippen LogP contribution in [0.5, 0.6) is 0 Å². The molecule has 7 heteroatoms. The topological polar surface area (TPSA) is 142 Å². The minimum absolute atomic E-state index is 0.340. The van der Waals surface area contributed by atoms with E-state index in [1.807, 2.05) is 0 Å². The van der Waals surface area contributed by atoms with Crippen molar-refractivity contribution in [3.63, 3.8) is 0 Å². The van der Waals surface area contributed by atoms with E-state index < -0.39 is 43.7 Å². The lowest BCUT2D eigenvalue weighted by molar-refractivity contribution is -0.123. The first-order valence-corrected chi connectivity index (χ1v) is 4.56. The molecule has 0 radical (unpaired) electrons. The smallest absolute Gasteiger partial charge is 0.110 e. The molecule has 0 saturated heterocycles. The lowest BCUT2D eigenvalue weighted by Gasteiger charge is -2.26. The van der Waals surface area contributed by atoms with Gasteiger partial charge in [-0.2, -0.15) is 0 Å². The van der Waals surface area contributed by atoms with Crippen molar-refractivity contribution in [3.8, 4) is 0 Å². The molecule has 0 aliphatic rings. The summed E-state index contributed by atoms with van der Waals surface area (Å²) in [6.07, 6.45) is -8.03. The molecule has 0 amide bonds. The summed E-state index contributed by atoms with van der Waals surface area (Å²) in [6.45, 7) is -1.34. The van der Waals surface area contributed by atoms with Gasteiger partial charge >= 0.3 is 0 Å². The molecule has 0 heterocycles. The summed E-state index contributed by atoms with van der Waals surface area (Å²) in [5.74, 6) is 0. The highest BCUT2D eigenvalue weighted by molar-refractivity contribution is 4.81. The maximum Gasteiger partial charge on any atom is 0.110 e. The van der Waals surface area contributed by atoms with Gasteiger partial charge in [-0.25, -0.2) is 0 Å². The second-order valence-electron chi connectivity index (χ2n) is 3.37. The molecule has 0 rings (SSSR count). The fourth-order valence-corrected chi connectivity index (χ4v) is 1.06. The molecule has 0 aromatic carbocycles. The molecule has 0 aromatic rings. The van der Waals surface area contributed by atoms with Crippen molar-refractivity contribution >= 4 is 0 Å². The molecular weight excluding hydrogens is 208 g/mol. The van der Waals surface area contributed by atoms with Gasteiger partial charge < -0.3 is 35.7 Å². The third-order valence-electron chi connectivity index (χ3n) is 2.05. The van der Waals surface area contributed by atoms with Gasteiger partial charge in [-0.1, -0.05) is 0 Å². The van der Waals surface area contributed by atoms with Crippen LogP contribution in [0.15, 0.2) is 0 Å². The molecule has 0 unspecified atom stereocenters. The first kappa shape index (κ1) is 14.7. The lowest BCUT2D eigenvalue weighted by atomic mass is 9.99. The van der Waals surface area contributed by atoms with Gasteiger partial charge in [0.05, 0.1) is 25.4 Å². The van der Waals surface area contributed by atoms with Crippen molar-refractivity contribution < 1.29 is 35.7 Å². The van der Waals surface area contributed by atoms with E-state index in [4.69, 9.17) is 20.4 Å². The zero-order valence-electron chi connectivity index (χ0n) is 8.14. The average Bonchev–Trinajstić information content (AvgIpc) is 2.25. The molecule has 5 atom stereocenters. The molecule has 0 aliphatic carbocycles. The van der Waals surface area contributed by atoms with Gasteiger partial charge in [-0.05, 0) is 0 Å². The monoisotopic (exact) mass is 226 g/mol. The van der Waals surface area contributed by atoms with Gasteiger partial charge in [0, 0.05) is 6.42 Å². The minimum Gasteiger partial charge on any atom is -0.394 e. The Balaban J connectivity index is 4.12. The Morgan fingerprint density at radius 1 is 0.667 bits per heavy atom. The first-order chi connectivity index (χ1) is 6.93. The van der Waals surface area contributed by atoms with Crippen molar-refractivity contribution in [2.45, 2.75) is 36.9 Å². The van der Waals surface area contributed by atoms with Gasteiger partial charge in [0.2, 0.25) is 0 Å². The van der Waals surface area contributed by atoms with Crippen LogP contribution in [0.1, 0.15) is 6.42 Å². The highest BCUT2D eigenvalue weighted by atomic mass is 16.4. The maximum atomic E-state index is 9.27. The number of hydrogen-bond acceptors (Lipinski definition) is 7. The molecule has 15 heavy (non-hydrogen) atoms. The van der Waals surface area contributed by atoms with Crippen LogP contribution in [0, 0.1) is 0 Å². The van der Waals surface area contributed by atoms with Crippen LogP contribution >= 0.6 is 0 Å². The summed E-state index contributed by atoms with van der Waals surface area (Å²) in [6, 6.07) is 0. The Bertz CT molecular complexity index is 165. The molecule has 0 saturated carbocycles. The van der Waals surface area contributed by atoms with E-state index in [1.165, 1.54) is 0 Å². The Hall–Kier alpha value is -0.280. The fraction of sp³-hybridized carbons (Fsp3) is 1.00. The Kier molecular flexibility index (Phi) is 6.94.